The van der Waals surface area contributed by atoms with E-state index in [1.165, 1.54) is 18.3 Å². The zero-order valence-electron chi connectivity index (χ0n) is 24.0. The summed E-state index contributed by atoms with van der Waals surface area (Å²) >= 11 is 0. The largest absolute Gasteiger partial charge is 0.519 e. The van der Waals surface area contributed by atoms with Gasteiger partial charge in [0.1, 0.15) is 17.2 Å². The van der Waals surface area contributed by atoms with Crippen LogP contribution in [0, 0.1) is 25.7 Å². The minimum atomic E-state index is -2.60. The molecule has 226 valence electrons. The lowest BCUT2D eigenvalue weighted by Gasteiger charge is -2.37. The molecule has 10 nitrogen and oxygen atoms in total. The summed E-state index contributed by atoms with van der Waals surface area (Å²) in [6.07, 6.45) is 2.65. The minimum Gasteiger partial charge on any atom is -0.457 e. The van der Waals surface area contributed by atoms with E-state index in [0.717, 1.165) is 11.1 Å². The Morgan fingerprint density at radius 3 is 2.51 bits per heavy atom. The molecule has 1 saturated carbocycles. The Labute approximate surface area is 246 Å². The molecule has 5 rings (SSSR count). The Kier molecular flexibility index (Phi) is 8.67. The lowest BCUT2D eigenvalue weighted by molar-refractivity contribution is -0.153. The maximum Gasteiger partial charge on any atom is 0.519 e. The van der Waals surface area contributed by atoms with Gasteiger partial charge in [-0.1, -0.05) is 0 Å². The number of ether oxygens (including phenoxy) is 1. The maximum absolute atomic E-state index is 13.1. The van der Waals surface area contributed by atoms with Crippen molar-refractivity contribution in [2.75, 3.05) is 5.32 Å². The van der Waals surface area contributed by atoms with Crippen LogP contribution in [0.15, 0.2) is 62.4 Å². The number of nitrogens with zero attached hydrogens (tertiary/aromatic N) is 3. The van der Waals surface area contributed by atoms with Crippen LogP contribution in [0.5, 0.6) is 0 Å². The second-order valence-corrected chi connectivity index (χ2v) is 11.0. The molecule has 12 heteroatoms. The number of alkyl halides is 2. The Balaban J connectivity index is 1.21. The van der Waals surface area contributed by atoms with Gasteiger partial charge in [0.05, 0.1) is 17.3 Å². The SMILES string of the molecule is Cc1cc(Nc2cc(C(F)F)ccn2)nc(-c2ccc(C(C)(O)[C@H]3CC[C@H](C(=O)OCc4oc(=O)oc4C)CC3)nc2)c1. The van der Waals surface area contributed by atoms with E-state index in [1.807, 2.05) is 19.1 Å². The van der Waals surface area contributed by atoms with Crippen LogP contribution in [0.25, 0.3) is 11.3 Å². The summed E-state index contributed by atoms with van der Waals surface area (Å²) in [5, 5.41) is 14.5. The predicted octanol–water partition coefficient (Wildman–Crippen LogP) is 6.14. The first-order valence-electron chi connectivity index (χ1n) is 13.9. The third-order valence-electron chi connectivity index (χ3n) is 7.88. The fourth-order valence-electron chi connectivity index (χ4n) is 5.37. The number of pyridine rings is 3. The van der Waals surface area contributed by atoms with E-state index in [9.17, 15) is 23.5 Å². The second kappa shape index (κ2) is 12.4. The minimum absolute atomic E-state index is 0.117. The van der Waals surface area contributed by atoms with Gasteiger partial charge in [0.25, 0.3) is 6.43 Å². The molecule has 0 aliphatic heterocycles. The summed E-state index contributed by atoms with van der Waals surface area (Å²) in [5.41, 5.74) is 1.38. The van der Waals surface area contributed by atoms with Crippen molar-refractivity contribution in [1.29, 1.82) is 0 Å². The van der Waals surface area contributed by atoms with Crippen LogP contribution >= 0.6 is 0 Å². The van der Waals surface area contributed by atoms with E-state index in [4.69, 9.17) is 13.6 Å². The summed E-state index contributed by atoms with van der Waals surface area (Å²) in [4.78, 5) is 37.0. The molecule has 1 fully saturated rings. The Morgan fingerprint density at radius 2 is 1.86 bits per heavy atom. The van der Waals surface area contributed by atoms with E-state index >= 15 is 0 Å². The van der Waals surface area contributed by atoms with Gasteiger partial charge in [-0.3, -0.25) is 9.78 Å². The van der Waals surface area contributed by atoms with Gasteiger partial charge in [-0.2, -0.15) is 0 Å². The molecule has 0 saturated heterocycles. The van der Waals surface area contributed by atoms with Crippen LogP contribution in [0.1, 0.15) is 67.4 Å². The number of halogens is 2. The molecule has 0 bridgehead atoms. The van der Waals surface area contributed by atoms with Crippen LogP contribution in [0.2, 0.25) is 0 Å². The molecule has 1 aliphatic rings. The first-order chi connectivity index (χ1) is 20.5. The van der Waals surface area contributed by atoms with Gasteiger partial charge in [0.15, 0.2) is 18.1 Å². The van der Waals surface area contributed by atoms with Gasteiger partial charge in [-0.05, 0) is 94.3 Å². The summed E-state index contributed by atoms with van der Waals surface area (Å²) in [6.45, 7) is 5.02. The molecule has 0 aromatic carbocycles. The number of aliphatic hydroxyl groups is 1. The van der Waals surface area contributed by atoms with Crippen LogP contribution in [0.3, 0.4) is 0 Å². The number of carbonyl (C=O) groups excluding carboxylic acids is 1. The fourth-order valence-corrected chi connectivity index (χ4v) is 5.37. The van der Waals surface area contributed by atoms with Crippen molar-refractivity contribution in [2.45, 2.75) is 65.1 Å². The average molecular weight is 595 g/mol. The summed E-state index contributed by atoms with van der Waals surface area (Å²) in [5.74, 6) is -0.464. The van der Waals surface area contributed by atoms with Crippen molar-refractivity contribution in [3.8, 4) is 11.3 Å². The van der Waals surface area contributed by atoms with Crippen molar-refractivity contribution in [1.82, 2.24) is 15.0 Å². The van der Waals surface area contributed by atoms with Gasteiger partial charge in [-0.25, -0.2) is 23.5 Å². The number of rotatable bonds is 9. The Morgan fingerprint density at radius 1 is 1.09 bits per heavy atom. The molecular formula is C31H32F2N4O6. The summed E-state index contributed by atoms with van der Waals surface area (Å²) < 4.78 is 41.2. The summed E-state index contributed by atoms with van der Waals surface area (Å²) in [7, 11) is 0. The zero-order chi connectivity index (χ0) is 30.7. The van der Waals surface area contributed by atoms with Gasteiger partial charge < -0.3 is 24.0 Å². The van der Waals surface area contributed by atoms with Crippen molar-refractivity contribution in [3.05, 3.63) is 87.8 Å². The molecule has 2 N–H and O–H groups in total. The molecule has 1 aliphatic carbocycles. The summed E-state index contributed by atoms with van der Waals surface area (Å²) in [6, 6.07) is 9.81. The molecule has 4 aromatic heterocycles. The second-order valence-electron chi connectivity index (χ2n) is 11.0. The number of carbonyl (C=O) groups is 1. The van der Waals surface area contributed by atoms with Gasteiger partial charge in [0.2, 0.25) is 0 Å². The maximum atomic E-state index is 13.1. The number of hydrogen-bond donors (Lipinski definition) is 2. The topological polar surface area (TPSA) is 141 Å². The highest BCUT2D eigenvalue weighted by Gasteiger charge is 2.39. The number of esters is 1. The standard InChI is InChI=1S/C31H32F2N4O6/c1-17-12-23(36-27(13-17)37-26-14-20(28(32)33)10-11-34-26)21-6-9-25(35-15-21)31(3,40)22-7-4-19(5-8-22)29(38)41-16-24-18(2)42-30(39)43-24/h6,9-15,19,22,28,40H,4-5,7-8,16H2,1-3H3,(H,34,36,37)/t19-,22-,31?. The molecule has 4 heterocycles. The van der Waals surface area contributed by atoms with Crippen molar-refractivity contribution < 1.29 is 32.3 Å². The number of nitrogens with one attached hydrogen (secondary N) is 1. The number of aromatic nitrogens is 3. The van der Waals surface area contributed by atoms with E-state index < -0.39 is 17.8 Å². The van der Waals surface area contributed by atoms with E-state index in [-0.39, 0.29) is 47.3 Å². The van der Waals surface area contributed by atoms with Crippen LogP contribution in [0.4, 0.5) is 20.4 Å². The lowest BCUT2D eigenvalue weighted by Crippen LogP contribution is -2.36. The van der Waals surface area contributed by atoms with E-state index in [0.29, 0.717) is 42.9 Å². The zero-order valence-corrected chi connectivity index (χ0v) is 24.0. The van der Waals surface area contributed by atoms with Crippen molar-refractivity contribution in [3.63, 3.8) is 0 Å². The van der Waals surface area contributed by atoms with Crippen LogP contribution in [-0.4, -0.2) is 26.0 Å². The number of aryl methyl sites for hydroxylation is 2. The smallest absolute Gasteiger partial charge is 0.457 e. The van der Waals surface area contributed by atoms with Gasteiger partial charge >= 0.3 is 11.8 Å². The van der Waals surface area contributed by atoms with Crippen LogP contribution in [-0.2, 0) is 21.7 Å². The first-order valence-corrected chi connectivity index (χ1v) is 13.9. The van der Waals surface area contributed by atoms with E-state index in [1.54, 1.807) is 32.2 Å². The molecule has 1 atom stereocenters. The number of hydrogen-bond acceptors (Lipinski definition) is 10. The number of anilines is 2. The third kappa shape index (κ3) is 6.96. The Bertz CT molecular complexity index is 1640. The quantitative estimate of drug-likeness (QED) is 0.217. The molecule has 1 unspecified atom stereocenters. The highest BCUT2D eigenvalue weighted by Crippen LogP contribution is 2.41. The molecule has 4 aromatic rings. The monoisotopic (exact) mass is 594 g/mol. The van der Waals surface area contributed by atoms with E-state index in [2.05, 4.69) is 20.3 Å². The predicted molar refractivity (Wildman–Crippen MR) is 151 cm³/mol. The average Bonchev–Trinajstić information content (AvgIpc) is 3.32. The lowest BCUT2D eigenvalue weighted by atomic mass is 9.73. The molecule has 0 amide bonds. The van der Waals surface area contributed by atoms with Gasteiger partial charge in [-0.15, -0.1) is 0 Å². The third-order valence-corrected chi connectivity index (χ3v) is 7.88. The van der Waals surface area contributed by atoms with Crippen molar-refractivity contribution >= 4 is 17.6 Å². The van der Waals surface area contributed by atoms with Crippen molar-refractivity contribution in [2.24, 2.45) is 11.8 Å². The molecular weight excluding hydrogens is 562 g/mol. The highest BCUT2D eigenvalue weighted by atomic mass is 19.3. The molecule has 0 radical (unpaired) electrons. The van der Waals surface area contributed by atoms with Crippen LogP contribution < -0.4 is 11.1 Å². The molecule has 0 spiro atoms. The Hall–Kier alpha value is -4.45. The highest BCUT2D eigenvalue weighted by molar-refractivity contribution is 5.72. The van der Waals surface area contributed by atoms with Gasteiger partial charge in [0, 0.05) is 23.5 Å². The fraction of sp³-hybridized carbons (Fsp3) is 0.387. The molecule has 43 heavy (non-hydrogen) atoms. The normalized spacial score (nSPS) is 18.3. The first kappa shape index (κ1) is 30.0.